The maximum absolute atomic E-state index is 13.5. The second-order valence-corrected chi connectivity index (χ2v) is 4.20. The molecule has 1 aliphatic rings. The average molecular weight is 253 g/mol. The molecule has 1 fully saturated rings. The maximum atomic E-state index is 13.5. The summed E-state index contributed by atoms with van der Waals surface area (Å²) in [6.45, 7) is 0.467. The van der Waals surface area contributed by atoms with Gasteiger partial charge >= 0.3 is 0 Å². The lowest BCUT2D eigenvalue weighted by molar-refractivity contribution is -0.0678. The largest absolute Gasteiger partial charge is 0.368 e. The Morgan fingerprint density at radius 1 is 1.50 bits per heavy atom. The Labute approximate surface area is 103 Å². The quantitative estimate of drug-likeness (QED) is 0.840. The molecule has 18 heavy (non-hydrogen) atoms. The Bertz CT molecular complexity index is 440. The van der Waals surface area contributed by atoms with Gasteiger partial charge in [0.05, 0.1) is 18.9 Å². The van der Waals surface area contributed by atoms with Crippen molar-refractivity contribution in [3.63, 3.8) is 0 Å². The van der Waals surface area contributed by atoms with Crippen LogP contribution in [0.2, 0.25) is 0 Å². The first kappa shape index (κ1) is 12.6. The summed E-state index contributed by atoms with van der Waals surface area (Å²) in [6.07, 6.45) is 3.10. The van der Waals surface area contributed by atoms with Crippen molar-refractivity contribution < 1.29 is 8.78 Å². The van der Waals surface area contributed by atoms with E-state index in [0.29, 0.717) is 18.8 Å². The summed E-state index contributed by atoms with van der Waals surface area (Å²) in [6, 6.07) is 1.84. The maximum Gasteiger partial charge on any atom is 0.264 e. The van der Waals surface area contributed by atoms with E-state index < -0.39 is 11.8 Å². The van der Waals surface area contributed by atoms with Crippen LogP contribution in [0.4, 0.5) is 14.6 Å². The number of piperidine rings is 1. The molecule has 0 amide bonds. The monoisotopic (exact) mass is 253 g/mol. The number of nitrogens with one attached hydrogen (secondary N) is 2. The highest BCUT2D eigenvalue weighted by Crippen LogP contribution is 2.29. The molecule has 2 heterocycles. The van der Waals surface area contributed by atoms with Crippen LogP contribution in [0.1, 0.15) is 12.1 Å². The lowest BCUT2D eigenvalue weighted by Gasteiger charge is -2.31. The fraction of sp³-hybridized carbons (Fsp3) is 0.545. The van der Waals surface area contributed by atoms with Crippen molar-refractivity contribution in [1.29, 1.82) is 5.26 Å². The predicted octanol–water partition coefficient (Wildman–Crippen LogP) is 1.00. The first-order chi connectivity index (χ1) is 8.62. The first-order valence-corrected chi connectivity index (χ1v) is 5.66. The van der Waals surface area contributed by atoms with Gasteiger partial charge in [-0.25, -0.2) is 18.7 Å². The molecule has 1 saturated heterocycles. The molecule has 7 heteroatoms. The number of hydrogen-bond acceptors (Lipinski definition) is 5. The smallest absolute Gasteiger partial charge is 0.264 e. The number of alkyl halides is 2. The number of aromatic nitrogens is 2. The molecule has 2 rings (SSSR count). The molecular formula is C11H13F2N5. The zero-order valence-corrected chi connectivity index (χ0v) is 9.66. The van der Waals surface area contributed by atoms with Gasteiger partial charge in [-0.2, -0.15) is 5.26 Å². The molecule has 5 nitrogen and oxygen atoms in total. The summed E-state index contributed by atoms with van der Waals surface area (Å²) in [5.41, 5.74) is 0.202. The summed E-state index contributed by atoms with van der Waals surface area (Å²) in [4.78, 5) is 7.74. The SMILES string of the molecule is N#Cc1cnc(NC[C@H]2CCNCC2(F)F)cn1. The highest BCUT2D eigenvalue weighted by molar-refractivity contribution is 5.33. The molecule has 1 aromatic rings. The zero-order chi connectivity index (χ0) is 13.0. The van der Waals surface area contributed by atoms with Crippen LogP contribution < -0.4 is 10.6 Å². The topological polar surface area (TPSA) is 73.6 Å². The fourth-order valence-electron chi connectivity index (χ4n) is 1.84. The molecular weight excluding hydrogens is 240 g/mol. The van der Waals surface area contributed by atoms with Gasteiger partial charge in [-0.3, -0.25) is 0 Å². The Morgan fingerprint density at radius 2 is 2.33 bits per heavy atom. The fourth-order valence-corrected chi connectivity index (χ4v) is 1.84. The molecule has 0 radical (unpaired) electrons. The van der Waals surface area contributed by atoms with Gasteiger partial charge in [0.2, 0.25) is 0 Å². The van der Waals surface area contributed by atoms with E-state index >= 15 is 0 Å². The van der Waals surface area contributed by atoms with E-state index in [2.05, 4.69) is 20.6 Å². The highest BCUT2D eigenvalue weighted by Gasteiger charge is 2.41. The molecule has 0 aromatic carbocycles. The predicted molar refractivity (Wildman–Crippen MR) is 61.2 cm³/mol. The first-order valence-electron chi connectivity index (χ1n) is 5.66. The van der Waals surface area contributed by atoms with Crippen molar-refractivity contribution in [3.8, 4) is 6.07 Å². The van der Waals surface area contributed by atoms with Gasteiger partial charge in [-0.15, -0.1) is 0 Å². The van der Waals surface area contributed by atoms with Crippen molar-refractivity contribution in [2.45, 2.75) is 12.3 Å². The molecule has 96 valence electrons. The van der Waals surface area contributed by atoms with E-state index in [9.17, 15) is 8.78 Å². The lowest BCUT2D eigenvalue weighted by Crippen LogP contribution is -2.48. The van der Waals surface area contributed by atoms with E-state index in [0.717, 1.165) is 0 Å². The standard InChI is InChI=1S/C11H13F2N5/c12-11(13)7-15-2-1-8(11)4-17-10-6-16-9(3-14)5-18-10/h5-6,8,15H,1-2,4,7H2,(H,17,18)/t8-/m1/s1. The third-order valence-corrected chi connectivity index (χ3v) is 2.92. The molecule has 0 unspecified atom stereocenters. The number of hydrogen-bond donors (Lipinski definition) is 2. The summed E-state index contributed by atoms with van der Waals surface area (Å²) in [5.74, 6) is -3.01. The average Bonchev–Trinajstić information content (AvgIpc) is 2.38. The van der Waals surface area contributed by atoms with Gasteiger partial charge in [-0.1, -0.05) is 0 Å². The van der Waals surface area contributed by atoms with Crippen molar-refractivity contribution >= 4 is 5.82 Å². The van der Waals surface area contributed by atoms with Crippen LogP contribution in [0.15, 0.2) is 12.4 Å². The van der Waals surface area contributed by atoms with Gasteiger partial charge < -0.3 is 10.6 Å². The molecule has 0 aliphatic carbocycles. The third kappa shape index (κ3) is 2.90. The summed E-state index contributed by atoms with van der Waals surface area (Å²) in [7, 11) is 0. The minimum absolute atomic E-state index is 0.148. The van der Waals surface area contributed by atoms with E-state index in [1.165, 1.54) is 12.4 Å². The second-order valence-electron chi connectivity index (χ2n) is 4.20. The van der Waals surface area contributed by atoms with Crippen LogP contribution in [-0.4, -0.2) is 35.5 Å². The van der Waals surface area contributed by atoms with Gasteiger partial charge in [0, 0.05) is 12.5 Å². The van der Waals surface area contributed by atoms with Crippen molar-refractivity contribution in [2.24, 2.45) is 5.92 Å². The van der Waals surface area contributed by atoms with Gasteiger partial charge in [0.1, 0.15) is 11.9 Å². The van der Waals surface area contributed by atoms with Gasteiger partial charge in [0.25, 0.3) is 5.92 Å². The lowest BCUT2D eigenvalue weighted by atomic mass is 9.94. The van der Waals surface area contributed by atoms with Gasteiger partial charge in [-0.05, 0) is 13.0 Å². The van der Waals surface area contributed by atoms with Crippen LogP contribution >= 0.6 is 0 Å². The normalized spacial score (nSPS) is 22.2. The third-order valence-electron chi connectivity index (χ3n) is 2.92. The van der Waals surface area contributed by atoms with Crippen LogP contribution in [0, 0.1) is 17.2 Å². The molecule has 1 atom stereocenters. The summed E-state index contributed by atoms with van der Waals surface area (Å²) >= 11 is 0. The number of anilines is 1. The van der Waals surface area contributed by atoms with Crippen LogP contribution in [0.25, 0.3) is 0 Å². The van der Waals surface area contributed by atoms with E-state index in [-0.39, 0.29) is 18.8 Å². The molecule has 1 aliphatic heterocycles. The molecule has 0 saturated carbocycles. The minimum atomic E-state index is -2.70. The van der Waals surface area contributed by atoms with Crippen molar-refractivity contribution in [2.75, 3.05) is 25.0 Å². The van der Waals surface area contributed by atoms with Crippen LogP contribution in [-0.2, 0) is 0 Å². The van der Waals surface area contributed by atoms with Gasteiger partial charge in [0.15, 0.2) is 5.69 Å². The molecule has 0 bridgehead atoms. The van der Waals surface area contributed by atoms with E-state index in [1.54, 1.807) is 0 Å². The minimum Gasteiger partial charge on any atom is -0.368 e. The van der Waals surface area contributed by atoms with Crippen LogP contribution in [0.3, 0.4) is 0 Å². The summed E-state index contributed by atoms with van der Waals surface area (Å²) in [5, 5.41) is 14.1. The van der Waals surface area contributed by atoms with E-state index in [4.69, 9.17) is 5.26 Å². The number of nitrogens with zero attached hydrogens (tertiary/aromatic N) is 3. The Morgan fingerprint density at radius 3 is 2.94 bits per heavy atom. The van der Waals surface area contributed by atoms with Crippen molar-refractivity contribution in [1.82, 2.24) is 15.3 Å². The summed E-state index contributed by atoms with van der Waals surface area (Å²) < 4.78 is 27.0. The van der Waals surface area contributed by atoms with E-state index in [1.807, 2.05) is 6.07 Å². The molecule has 0 spiro atoms. The number of rotatable bonds is 3. The number of nitriles is 1. The molecule has 1 aromatic heterocycles. The second kappa shape index (κ2) is 5.23. The Kier molecular flexibility index (Phi) is 3.67. The van der Waals surface area contributed by atoms with Crippen LogP contribution in [0.5, 0.6) is 0 Å². The number of halogens is 2. The Hall–Kier alpha value is -1.81. The van der Waals surface area contributed by atoms with Crippen molar-refractivity contribution in [3.05, 3.63) is 18.1 Å². The molecule has 2 N–H and O–H groups in total. The zero-order valence-electron chi connectivity index (χ0n) is 9.66. The highest BCUT2D eigenvalue weighted by atomic mass is 19.3. The Balaban J connectivity index is 1.92.